The summed E-state index contributed by atoms with van der Waals surface area (Å²) in [6.45, 7) is 5.66. The van der Waals surface area contributed by atoms with Crippen LogP contribution < -0.4 is 14.5 Å². The number of benzene rings is 1. The molecule has 1 aromatic carbocycles. The average molecular weight is 467 g/mol. The van der Waals surface area contributed by atoms with Gasteiger partial charge in [-0.05, 0) is 25.2 Å². The van der Waals surface area contributed by atoms with E-state index < -0.39 is 10.0 Å². The highest BCUT2D eigenvalue weighted by Gasteiger charge is 2.31. The van der Waals surface area contributed by atoms with Crippen molar-refractivity contribution in [2.75, 3.05) is 76.3 Å². The smallest absolute Gasteiger partial charge is 0.246 e. The summed E-state index contributed by atoms with van der Waals surface area (Å²) in [4.78, 5) is 15.6. The van der Waals surface area contributed by atoms with Crippen LogP contribution in [0.25, 0.3) is 0 Å². The number of likely N-dealkylation sites (N-methyl/N-ethyl adjacent to an activating group) is 1. The lowest BCUT2D eigenvalue weighted by Gasteiger charge is -2.36. The first-order valence-corrected chi connectivity index (χ1v) is 12.0. The third-order valence-electron chi connectivity index (χ3n) is 5.77. The van der Waals surface area contributed by atoms with E-state index in [0.717, 1.165) is 37.8 Å². The van der Waals surface area contributed by atoms with Gasteiger partial charge in [0, 0.05) is 63.4 Å². The molecule has 168 valence electrons. The molecular formula is C20H27ClN6O3S. The maximum absolute atomic E-state index is 13.2. The first-order valence-electron chi connectivity index (χ1n) is 10.2. The van der Waals surface area contributed by atoms with Crippen molar-refractivity contribution in [3.63, 3.8) is 0 Å². The monoisotopic (exact) mass is 466 g/mol. The highest BCUT2D eigenvalue weighted by atomic mass is 35.5. The maximum atomic E-state index is 13.2. The largest absolute Gasteiger partial charge is 0.495 e. The molecule has 11 heteroatoms. The summed E-state index contributed by atoms with van der Waals surface area (Å²) in [5.41, 5.74) is 0. The predicted octanol–water partition coefficient (Wildman–Crippen LogP) is 1.40. The minimum absolute atomic E-state index is 0.0929. The van der Waals surface area contributed by atoms with E-state index in [9.17, 15) is 8.42 Å². The Bertz CT molecular complexity index is 1020. The molecule has 0 N–H and O–H groups in total. The Hall–Kier alpha value is -2.14. The predicted molar refractivity (Wildman–Crippen MR) is 121 cm³/mol. The summed E-state index contributed by atoms with van der Waals surface area (Å²) in [6.07, 6.45) is 1.59. The average Bonchev–Trinajstić information content (AvgIpc) is 2.80. The molecule has 0 saturated carbocycles. The van der Waals surface area contributed by atoms with Crippen LogP contribution in [0.2, 0.25) is 5.02 Å². The number of halogens is 1. The van der Waals surface area contributed by atoms with Crippen molar-refractivity contribution in [2.24, 2.45) is 0 Å². The van der Waals surface area contributed by atoms with Gasteiger partial charge in [-0.3, -0.25) is 0 Å². The molecule has 2 aliphatic rings. The quantitative estimate of drug-likeness (QED) is 0.654. The van der Waals surface area contributed by atoms with E-state index in [0.29, 0.717) is 37.0 Å². The SMILES string of the molecule is COc1ccc(Cl)cc1S(=O)(=O)N1CCN(c2cc(N3CCN(C)CC3)ncn2)CC1. The van der Waals surface area contributed by atoms with E-state index in [4.69, 9.17) is 16.3 Å². The van der Waals surface area contributed by atoms with E-state index >= 15 is 0 Å². The van der Waals surface area contributed by atoms with Crippen LogP contribution in [0.5, 0.6) is 5.75 Å². The summed E-state index contributed by atoms with van der Waals surface area (Å²) in [5.74, 6) is 2.03. The van der Waals surface area contributed by atoms with Gasteiger partial charge in [0.15, 0.2) is 0 Å². The van der Waals surface area contributed by atoms with Crippen molar-refractivity contribution in [2.45, 2.75) is 4.90 Å². The van der Waals surface area contributed by atoms with Crippen molar-refractivity contribution < 1.29 is 13.2 Å². The number of hydrogen-bond donors (Lipinski definition) is 0. The highest BCUT2D eigenvalue weighted by molar-refractivity contribution is 7.89. The second-order valence-electron chi connectivity index (χ2n) is 7.71. The fourth-order valence-corrected chi connectivity index (χ4v) is 5.71. The molecule has 2 fully saturated rings. The topological polar surface area (TPSA) is 82.1 Å². The lowest BCUT2D eigenvalue weighted by molar-refractivity contribution is 0.312. The van der Waals surface area contributed by atoms with Gasteiger partial charge in [-0.25, -0.2) is 18.4 Å². The van der Waals surface area contributed by atoms with Crippen LogP contribution in [0.1, 0.15) is 0 Å². The fraction of sp³-hybridized carbons (Fsp3) is 0.500. The van der Waals surface area contributed by atoms with Crippen LogP contribution in [0.4, 0.5) is 11.6 Å². The van der Waals surface area contributed by atoms with Crippen LogP contribution >= 0.6 is 11.6 Å². The molecule has 0 radical (unpaired) electrons. The fourth-order valence-electron chi connectivity index (χ4n) is 3.87. The molecule has 1 aromatic heterocycles. The van der Waals surface area contributed by atoms with Crippen LogP contribution in [0, 0.1) is 0 Å². The van der Waals surface area contributed by atoms with Gasteiger partial charge >= 0.3 is 0 Å². The molecule has 2 aromatic rings. The summed E-state index contributed by atoms with van der Waals surface area (Å²) in [5, 5.41) is 0.357. The zero-order valence-corrected chi connectivity index (χ0v) is 19.3. The van der Waals surface area contributed by atoms with Crippen molar-refractivity contribution in [1.29, 1.82) is 0 Å². The third kappa shape index (κ3) is 4.72. The molecule has 0 bridgehead atoms. The Balaban J connectivity index is 1.46. The van der Waals surface area contributed by atoms with Crippen molar-refractivity contribution in [3.05, 3.63) is 35.6 Å². The van der Waals surface area contributed by atoms with E-state index in [1.54, 1.807) is 18.5 Å². The maximum Gasteiger partial charge on any atom is 0.246 e. The Morgan fingerprint density at radius 3 is 2.06 bits per heavy atom. The van der Waals surface area contributed by atoms with Crippen LogP contribution in [-0.4, -0.2) is 94.1 Å². The number of hydrogen-bond acceptors (Lipinski definition) is 8. The molecule has 9 nitrogen and oxygen atoms in total. The molecular weight excluding hydrogens is 440 g/mol. The standard InChI is InChI=1S/C20H27ClN6O3S/c1-24-5-7-25(8-6-24)19-14-20(23-15-22-19)26-9-11-27(12-10-26)31(28,29)18-13-16(21)3-4-17(18)30-2/h3-4,13-15H,5-12H2,1-2H3. The first-order chi connectivity index (χ1) is 14.9. The molecule has 0 amide bonds. The number of ether oxygens (including phenoxy) is 1. The molecule has 0 aliphatic carbocycles. The number of piperazine rings is 2. The Kier molecular flexibility index (Phi) is 6.52. The van der Waals surface area contributed by atoms with Crippen molar-refractivity contribution in [3.8, 4) is 5.75 Å². The van der Waals surface area contributed by atoms with Gasteiger partial charge in [0.05, 0.1) is 7.11 Å². The van der Waals surface area contributed by atoms with Crippen LogP contribution in [-0.2, 0) is 10.0 Å². The van der Waals surface area contributed by atoms with Gasteiger partial charge in [0.1, 0.15) is 28.6 Å². The third-order valence-corrected chi connectivity index (χ3v) is 7.93. The molecule has 4 rings (SSSR count). The van der Waals surface area contributed by atoms with E-state index in [-0.39, 0.29) is 4.90 Å². The van der Waals surface area contributed by atoms with Crippen LogP contribution in [0.15, 0.2) is 35.5 Å². The van der Waals surface area contributed by atoms with Gasteiger partial charge in [-0.1, -0.05) is 11.6 Å². The molecule has 0 spiro atoms. The summed E-state index contributed by atoms with van der Waals surface area (Å²) < 4.78 is 33.1. The summed E-state index contributed by atoms with van der Waals surface area (Å²) in [7, 11) is -0.140. The molecule has 2 aliphatic heterocycles. The minimum atomic E-state index is -3.71. The number of aromatic nitrogens is 2. The Labute approximate surface area is 188 Å². The number of nitrogens with zero attached hydrogens (tertiary/aromatic N) is 6. The summed E-state index contributed by atoms with van der Waals surface area (Å²) >= 11 is 6.04. The van der Waals surface area contributed by atoms with E-state index in [1.807, 2.05) is 6.07 Å². The second kappa shape index (κ2) is 9.15. The lowest BCUT2D eigenvalue weighted by Crippen LogP contribution is -2.49. The number of sulfonamides is 1. The molecule has 3 heterocycles. The number of rotatable bonds is 5. The molecule has 2 saturated heterocycles. The zero-order valence-electron chi connectivity index (χ0n) is 17.7. The number of anilines is 2. The zero-order chi connectivity index (χ0) is 22.0. The molecule has 0 atom stereocenters. The Morgan fingerprint density at radius 2 is 1.48 bits per heavy atom. The van der Waals surface area contributed by atoms with Gasteiger partial charge in [-0.2, -0.15) is 4.31 Å². The van der Waals surface area contributed by atoms with E-state index in [2.05, 4.69) is 31.7 Å². The molecule has 31 heavy (non-hydrogen) atoms. The van der Waals surface area contributed by atoms with Gasteiger partial charge in [0.2, 0.25) is 10.0 Å². The number of methoxy groups -OCH3 is 1. The van der Waals surface area contributed by atoms with Crippen LogP contribution in [0.3, 0.4) is 0 Å². The lowest BCUT2D eigenvalue weighted by atomic mass is 10.3. The van der Waals surface area contributed by atoms with Gasteiger partial charge in [-0.15, -0.1) is 0 Å². The van der Waals surface area contributed by atoms with Gasteiger partial charge in [0.25, 0.3) is 0 Å². The normalized spacial score (nSPS) is 18.9. The van der Waals surface area contributed by atoms with Crippen molar-refractivity contribution in [1.82, 2.24) is 19.2 Å². The Morgan fingerprint density at radius 1 is 0.903 bits per heavy atom. The highest BCUT2D eigenvalue weighted by Crippen LogP contribution is 2.30. The molecule has 0 unspecified atom stereocenters. The minimum Gasteiger partial charge on any atom is -0.495 e. The van der Waals surface area contributed by atoms with Gasteiger partial charge < -0.3 is 19.4 Å². The van der Waals surface area contributed by atoms with E-state index in [1.165, 1.54) is 17.5 Å². The second-order valence-corrected chi connectivity index (χ2v) is 10.1. The van der Waals surface area contributed by atoms with Crippen molar-refractivity contribution >= 4 is 33.3 Å². The first kappa shape index (κ1) is 22.1. The summed E-state index contributed by atoms with van der Waals surface area (Å²) in [6, 6.07) is 6.63.